The number of ether oxygens (including phenoxy) is 1. The van der Waals surface area contributed by atoms with E-state index in [4.69, 9.17) is 4.74 Å². The van der Waals surface area contributed by atoms with Crippen LogP contribution < -0.4 is 10.1 Å². The Morgan fingerprint density at radius 1 is 1.32 bits per heavy atom. The molecule has 0 aliphatic heterocycles. The number of nitrogens with one attached hydrogen (secondary N) is 1. The number of anilines is 1. The molecule has 0 atom stereocenters. The van der Waals surface area contributed by atoms with Gasteiger partial charge in [-0.1, -0.05) is 6.92 Å². The highest BCUT2D eigenvalue weighted by Gasteiger charge is 2.12. The maximum absolute atomic E-state index is 12.4. The van der Waals surface area contributed by atoms with Crippen LogP contribution in [0.2, 0.25) is 0 Å². The van der Waals surface area contributed by atoms with Crippen LogP contribution >= 0.6 is 11.3 Å². The van der Waals surface area contributed by atoms with Crippen molar-refractivity contribution in [1.29, 1.82) is 0 Å². The first-order chi connectivity index (χ1) is 12.1. The van der Waals surface area contributed by atoms with Crippen molar-refractivity contribution in [3.63, 3.8) is 0 Å². The number of hydrogen-bond acceptors (Lipinski definition) is 4. The van der Waals surface area contributed by atoms with Gasteiger partial charge in [0.15, 0.2) is 0 Å². The zero-order chi connectivity index (χ0) is 17.8. The van der Waals surface area contributed by atoms with Crippen LogP contribution in [0.5, 0.6) is 5.75 Å². The smallest absolute Gasteiger partial charge is 0.265 e. The molecular formula is C19H21N3O2S. The number of carbonyl (C=O) groups excluding carboxylic acids is 1. The monoisotopic (exact) mass is 355 g/mol. The molecule has 130 valence electrons. The predicted octanol–water partition coefficient (Wildman–Crippen LogP) is 4.18. The van der Waals surface area contributed by atoms with Crippen molar-refractivity contribution in [3.8, 4) is 5.75 Å². The maximum atomic E-state index is 12.4. The van der Waals surface area contributed by atoms with E-state index in [1.807, 2.05) is 55.1 Å². The summed E-state index contributed by atoms with van der Waals surface area (Å²) in [4.78, 5) is 18.6. The molecule has 0 aliphatic carbocycles. The third-order valence-electron chi connectivity index (χ3n) is 3.97. The van der Waals surface area contributed by atoms with Gasteiger partial charge in [-0.2, -0.15) is 0 Å². The van der Waals surface area contributed by atoms with Crippen LogP contribution in [0, 0.1) is 6.92 Å². The number of amides is 1. The van der Waals surface area contributed by atoms with E-state index >= 15 is 0 Å². The van der Waals surface area contributed by atoms with Gasteiger partial charge < -0.3 is 14.6 Å². The summed E-state index contributed by atoms with van der Waals surface area (Å²) in [6.45, 7) is 4.55. The molecule has 2 aromatic heterocycles. The number of aromatic nitrogens is 2. The molecule has 0 saturated carbocycles. The Balaban J connectivity index is 1.60. The topological polar surface area (TPSA) is 56.1 Å². The van der Waals surface area contributed by atoms with E-state index in [0.717, 1.165) is 28.6 Å². The predicted molar refractivity (Wildman–Crippen MR) is 100 cm³/mol. The summed E-state index contributed by atoms with van der Waals surface area (Å²) >= 11 is 1.55. The van der Waals surface area contributed by atoms with E-state index in [1.54, 1.807) is 17.5 Å². The summed E-state index contributed by atoms with van der Waals surface area (Å²) in [5, 5.41) is 2.93. The fourth-order valence-corrected chi connectivity index (χ4v) is 3.50. The second-order valence-electron chi connectivity index (χ2n) is 5.79. The fraction of sp³-hybridized carbons (Fsp3) is 0.263. The minimum Gasteiger partial charge on any atom is -0.486 e. The van der Waals surface area contributed by atoms with Crippen LogP contribution in [0.15, 0.2) is 42.7 Å². The first-order valence-electron chi connectivity index (χ1n) is 8.16. The number of carbonyl (C=O) groups is 1. The van der Waals surface area contributed by atoms with Gasteiger partial charge in [-0.25, -0.2) is 4.98 Å². The molecule has 6 heteroatoms. The van der Waals surface area contributed by atoms with E-state index in [0.29, 0.717) is 6.61 Å². The molecule has 25 heavy (non-hydrogen) atoms. The van der Waals surface area contributed by atoms with E-state index < -0.39 is 0 Å². The lowest BCUT2D eigenvalue weighted by atomic mass is 10.2. The molecule has 2 heterocycles. The lowest BCUT2D eigenvalue weighted by molar-refractivity contribution is 0.103. The molecule has 0 fully saturated rings. The van der Waals surface area contributed by atoms with Crippen LogP contribution in [-0.2, 0) is 20.1 Å². The highest BCUT2D eigenvalue weighted by atomic mass is 32.1. The van der Waals surface area contributed by atoms with Gasteiger partial charge in [0.2, 0.25) is 0 Å². The van der Waals surface area contributed by atoms with Crippen LogP contribution in [0.3, 0.4) is 0 Å². The van der Waals surface area contributed by atoms with Crippen molar-refractivity contribution in [3.05, 3.63) is 63.9 Å². The molecule has 0 unspecified atom stereocenters. The fourth-order valence-electron chi connectivity index (χ4n) is 2.49. The summed E-state index contributed by atoms with van der Waals surface area (Å²) < 4.78 is 7.63. The van der Waals surface area contributed by atoms with Gasteiger partial charge >= 0.3 is 0 Å². The van der Waals surface area contributed by atoms with Gasteiger partial charge in [0, 0.05) is 30.0 Å². The molecule has 0 bridgehead atoms. The van der Waals surface area contributed by atoms with Crippen molar-refractivity contribution in [2.45, 2.75) is 26.9 Å². The maximum Gasteiger partial charge on any atom is 0.265 e. The molecule has 0 spiro atoms. The Morgan fingerprint density at radius 3 is 2.68 bits per heavy atom. The second-order valence-corrected chi connectivity index (χ2v) is 6.93. The van der Waals surface area contributed by atoms with Gasteiger partial charge in [0.25, 0.3) is 5.91 Å². The number of hydrogen-bond donors (Lipinski definition) is 1. The zero-order valence-corrected chi connectivity index (χ0v) is 15.4. The van der Waals surface area contributed by atoms with Gasteiger partial charge in [-0.3, -0.25) is 4.79 Å². The molecule has 0 aliphatic rings. The van der Waals surface area contributed by atoms with Gasteiger partial charge in [0.1, 0.15) is 18.2 Å². The number of benzene rings is 1. The van der Waals surface area contributed by atoms with Crippen molar-refractivity contribution in [2.24, 2.45) is 7.05 Å². The summed E-state index contributed by atoms with van der Waals surface area (Å²) in [7, 11) is 1.93. The van der Waals surface area contributed by atoms with Crippen LogP contribution in [0.1, 0.15) is 32.9 Å². The summed E-state index contributed by atoms with van der Waals surface area (Å²) in [5.41, 5.74) is 1.93. The lowest BCUT2D eigenvalue weighted by Crippen LogP contribution is -2.10. The first kappa shape index (κ1) is 17.2. The van der Waals surface area contributed by atoms with E-state index in [9.17, 15) is 4.79 Å². The molecule has 0 radical (unpaired) electrons. The standard InChI is InChI=1S/C19H21N3O2S/c1-4-16-13(2)11-17(25-16)19(23)21-14-5-7-15(8-6-14)24-12-18-20-9-10-22(18)3/h5-11H,4,12H2,1-3H3,(H,21,23). The Kier molecular flexibility index (Phi) is 5.19. The normalized spacial score (nSPS) is 10.7. The van der Waals surface area contributed by atoms with Crippen molar-refractivity contribution in [1.82, 2.24) is 9.55 Å². The van der Waals surface area contributed by atoms with Crippen molar-refractivity contribution in [2.75, 3.05) is 5.32 Å². The first-order valence-corrected chi connectivity index (χ1v) is 8.98. The third-order valence-corrected chi connectivity index (χ3v) is 5.35. The molecule has 1 aromatic carbocycles. The molecule has 3 aromatic rings. The Morgan fingerprint density at radius 2 is 2.08 bits per heavy atom. The quantitative estimate of drug-likeness (QED) is 0.721. The van der Waals surface area contributed by atoms with Gasteiger partial charge in [-0.15, -0.1) is 11.3 Å². The molecule has 1 N–H and O–H groups in total. The van der Waals surface area contributed by atoms with E-state index in [1.165, 1.54) is 10.4 Å². The van der Waals surface area contributed by atoms with Gasteiger partial charge in [0.05, 0.1) is 4.88 Å². The van der Waals surface area contributed by atoms with Crippen molar-refractivity contribution < 1.29 is 9.53 Å². The Hall–Kier alpha value is -2.60. The minimum atomic E-state index is -0.0746. The highest BCUT2D eigenvalue weighted by Crippen LogP contribution is 2.24. The third kappa shape index (κ3) is 4.09. The zero-order valence-electron chi connectivity index (χ0n) is 14.6. The number of rotatable bonds is 6. The summed E-state index contributed by atoms with van der Waals surface area (Å²) in [6, 6.07) is 9.31. The number of thiophene rings is 1. The molecule has 0 saturated heterocycles. The van der Waals surface area contributed by atoms with E-state index in [2.05, 4.69) is 17.2 Å². The number of imidazole rings is 1. The van der Waals surface area contributed by atoms with Gasteiger partial charge in [-0.05, 0) is 49.2 Å². The molecule has 1 amide bonds. The van der Waals surface area contributed by atoms with Crippen LogP contribution in [0.4, 0.5) is 5.69 Å². The second kappa shape index (κ2) is 7.53. The average molecular weight is 355 g/mol. The highest BCUT2D eigenvalue weighted by molar-refractivity contribution is 7.14. The molecular weight excluding hydrogens is 334 g/mol. The number of aryl methyl sites for hydroxylation is 3. The SMILES string of the molecule is CCc1sc(C(=O)Nc2ccc(OCc3nccn3C)cc2)cc1C. The Labute approximate surface area is 151 Å². The summed E-state index contributed by atoms with van der Waals surface area (Å²) in [5.74, 6) is 1.52. The minimum absolute atomic E-state index is 0.0746. The average Bonchev–Trinajstić information content (AvgIpc) is 3.19. The van der Waals surface area contributed by atoms with Crippen LogP contribution in [0.25, 0.3) is 0 Å². The largest absolute Gasteiger partial charge is 0.486 e. The number of nitrogens with zero attached hydrogens (tertiary/aromatic N) is 2. The Bertz CT molecular complexity index is 865. The summed E-state index contributed by atoms with van der Waals surface area (Å²) in [6.07, 6.45) is 4.58. The van der Waals surface area contributed by atoms with Crippen LogP contribution in [-0.4, -0.2) is 15.5 Å². The lowest BCUT2D eigenvalue weighted by Gasteiger charge is -2.08. The molecule has 3 rings (SSSR count). The van der Waals surface area contributed by atoms with Crippen molar-refractivity contribution >= 4 is 22.9 Å². The van der Waals surface area contributed by atoms with E-state index in [-0.39, 0.29) is 5.91 Å². The molecule has 5 nitrogen and oxygen atoms in total.